The van der Waals surface area contributed by atoms with E-state index in [9.17, 15) is 4.79 Å². The van der Waals surface area contributed by atoms with E-state index in [0.717, 1.165) is 6.42 Å². The standard InChI is InChI=1S/C16H29NO2.C2H2/c1-8-9-10-13(12(2)3)11-14(17-7)15(18)19-16(4,5)6;1-2/h8-9,14,17H,10-11H2,1-7H3;1-2H/b9-8-;/t14-;/m0./s1. The van der Waals surface area contributed by atoms with Gasteiger partial charge in [-0.3, -0.25) is 4.79 Å². The number of ether oxygens (including phenoxy) is 1. The van der Waals surface area contributed by atoms with Gasteiger partial charge in [0.1, 0.15) is 11.6 Å². The molecule has 0 aliphatic carbocycles. The zero-order valence-corrected chi connectivity index (χ0v) is 14.6. The Labute approximate surface area is 130 Å². The minimum Gasteiger partial charge on any atom is -0.459 e. The molecular weight excluding hydrogens is 262 g/mol. The fraction of sp³-hybridized carbons (Fsp3) is 0.611. The van der Waals surface area contributed by atoms with Gasteiger partial charge in [-0.25, -0.2) is 0 Å². The molecule has 0 saturated carbocycles. The Morgan fingerprint density at radius 3 is 2.14 bits per heavy atom. The topological polar surface area (TPSA) is 38.3 Å². The maximum absolute atomic E-state index is 12.1. The minimum absolute atomic E-state index is 0.186. The summed E-state index contributed by atoms with van der Waals surface area (Å²) in [6, 6.07) is -0.283. The van der Waals surface area contributed by atoms with Crippen LogP contribution in [-0.2, 0) is 9.53 Å². The van der Waals surface area contributed by atoms with Gasteiger partial charge in [0.25, 0.3) is 0 Å². The number of hydrogen-bond donors (Lipinski definition) is 1. The average molecular weight is 293 g/mol. The SMILES string of the molecule is C#C.C/C=C\CC(C[C@H](NC)C(=O)OC(C)(C)C)=C(C)C. The third-order valence-corrected chi connectivity index (χ3v) is 2.80. The lowest BCUT2D eigenvalue weighted by atomic mass is 9.98. The van der Waals surface area contributed by atoms with Gasteiger partial charge in [0, 0.05) is 0 Å². The van der Waals surface area contributed by atoms with Crippen molar-refractivity contribution >= 4 is 5.97 Å². The molecule has 0 aliphatic heterocycles. The van der Waals surface area contributed by atoms with Crippen LogP contribution in [0.3, 0.4) is 0 Å². The summed E-state index contributed by atoms with van der Waals surface area (Å²) in [5, 5.41) is 3.05. The molecule has 0 amide bonds. The van der Waals surface area contributed by atoms with E-state index in [1.54, 1.807) is 7.05 Å². The zero-order chi connectivity index (χ0) is 17.1. The summed E-state index contributed by atoms with van der Waals surface area (Å²) in [7, 11) is 1.80. The molecule has 0 bridgehead atoms. The van der Waals surface area contributed by atoms with Crippen molar-refractivity contribution in [2.45, 2.75) is 66.0 Å². The summed E-state index contributed by atoms with van der Waals surface area (Å²) >= 11 is 0. The molecule has 0 spiro atoms. The molecule has 0 aromatic rings. The van der Waals surface area contributed by atoms with E-state index in [4.69, 9.17) is 4.74 Å². The van der Waals surface area contributed by atoms with Crippen LogP contribution in [0.1, 0.15) is 54.4 Å². The molecule has 21 heavy (non-hydrogen) atoms. The van der Waals surface area contributed by atoms with E-state index >= 15 is 0 Å². The Kier molecular flexibility index (Phi) is 11.6. The normalized spacial score (nSPS) is 12.2. The second-order valence-electron chi connectivity index (χ2n) is 5.96. The number of esters is 1. The number of nitrogens with one attached hydrogen (secondary N) is 1. The summed E-state index contributed by atoms with van der Waals surface area (Å²) in [5.74, 6) is -0.186. The van der Waals surface area contributed by atoms with E-state index in [-0.39, 0.29) is 12.0 Å². The summed E-state index contributed by atoms with van der Waals surface area (Å²) in [4.78, 5) is 12.1. The molecule has 3 nitrogen and oxygen atoms in total. The Morgan fingerprint density at radius 2 is 1.81 bits per heavy atom. The second-order valence-corrected chi connectivity index (χ2v) is 5.96. The lowest BCUT2D eigenvalue weighted by Gasteiger charge is -2.24. The lowest BCUT2D eigenvalue weighted by Crippen LogP contribution is -2.39. The average Bonchev–Trinajstić information content (AvgIpc) is 2.38. The predicted molar refractivity (Wildman–Crippen MR) is 91.0 cm³/mol. The highest BCUT2D eigenvalue weighted by Crippen LogP contribution is 2.18. The van der Waals surface area contributed by atoms with Crippen molar-refractivity contribution in [3.63, 3.8) is 0 Å². The van der Waals surface area contributed by atoms with Crippen LogP contribution in [0.25, 0.3) is 0 Å². The Balaban J connectivity index is 0. The number of likely N-dealkylation sites (N-methyl/N-ethyl adjacent to an activating group) is 1. The van der Waals surface area contributed by atoms with Crippen LogP contribution in [0.15, 0.2) is 23.3 Å². The van der Waals surface area contributed by atoms with Crippen molar-refractivity contribution in [2.24, 2.45) is 0 Å². The molecule has 0 fully saturated rings. The molecule has 1 N–H and O–H groups in total. The van der Waals surface area contributed by atoms with E-state index < -0.39 is 5.60 Å². The van der Waals surface area contributed by atoms with E-state index in [2.05, 4.69) is 38.1 Å². The van der Waals surface area contributed by atoms with Crippen molar-refractivity contribution in [1.29, 1.82) is 0 Å². The summed E-state index contributed by atoms with van der Waals surface area (Å²) in [5.41, 5.74) is 2.10. The van der Waals surface area contributed by atoms with Crippen LogP contribution in [0, 0.1) is 12.8 Å². The second kappa shape index (κ2) is 11.2. The first kappa shape index (κ1) is 21.8. The molecule has 0 unspecified atom stereocenters. The third kappa shape index (κ3) is 10.9. The molecule has 0 aromatic carbocycles. The summed E-state index contributed by atoms with van der Waals surface area (Å²) in [6.45, 7) is 11.8. The molecule has 0 aliphatic rings. The summed E-state index contributed by atoms with van der Waals surface area (Å²) < 4.78 is 5.43. The monoisotopic (exact) mass is 293 g/mol. The fourth-order valence-electron chi connectivity index (χ4n) is 1.67. The molecule has 0 radical (unpaired) electrons. The van der Waals surface area contributed by atoms with Gasteiger partial charge in [-0.2, -0.15) is 0 Å². The first-order valence-electron chi connectivity index (χ1n) is 7.21. The first-order chi connectivity index (χ1) is 9.71. The van der Waals surface area contributed by atoms with Gasteiger partial charge < -0.3 is 10.1 Å². The Hall–Kier alpha value is -1.53. The molecule has 1 atom stereocenters. The van der Waals surface area contributed by atoms with Gasteiger partial charge in [0.2, 0.25) is 0 Å². The quantitative estimate of drug-likeness (QED) is 0.459. The number of carbonyl (C=O) groups excluding carboxylic acids is 1. The molecular formula is C18H31NO2. The van der Waals surface area contributed by atoms with Gasteiger partial charge in [0.15, 0.2) is 0 Å². The van der Waals surface area contributed by atoms with Crippen LogP contribution in [0.4, 0.5) is 0 Å². The lowest BCUT2D eigenvalue weighted by molar-refractivity contribution is -0.157. The maximum Gasteiger partial charge on any atom is 0.323 e. The Morgan fingerprint density at radius 1 is 1.29 bits per heavy atom. The van der Waals surface area contributed by atoms with Crippen molar-refractivity contribution in [2.75, 3.05) is 7.05 Å². The fourth-order valence-corrected chi connectivity index (χ4v) is 1.67. The van der Waals surface area contributed by atoms with Crippen molar-refractivity contribution in [3.8, 4) is 12.8 Å². The molecule has 120 valence electrons. The van der Waals surface area contributed by atoms with Crippen molar-refractivity contribution in [3.05, 3.63) is 23.3 Å². The molecule has 0 heterocycles. The van der Waals surface area contributed by atoms with Crippen LogP contribution in [0.2, 0.25) is 0 Å². The van der Waals surface area contributed by atoms with Gasteiger partial charge >= 0.3 is 5.97 Å². The van der Waals surface area contributed by atoms with Gasteiger partial charge in [-0.15, -0.1) is 12.8 Å². The number of carbonyl (C=O) groups is 1. The maximum atomic E-state index is 12.1. The van der Waals surface area contributed by atoms with Gasteiger partial charge in [-0.1, -0.05) is 23.3 Å². The number of allylic oxidation sites excluding steroid dienone is 3. The highest BCUT2D eigenvalue weighted by atomic mass is 16.6. The smallest absolute Gasteiger partial charge is 0.323 e. The van der Waals surface area contributed by atoms with Crippen LogP contribution >= 0.6 is 0 Å². The highest BCUT2D eigenvalue weighted by molar-refractivity contribution is 5.76. The molecule has 0 rings (SSSR count). The predicted octanol–water partition coefficient (Wildman–Crippen LogP) is 3.86. The van der Waals surface area contributed by atoms with E-state index in [1.807, 2.05) is 33.8 Å². The van der Waals surface area contributed by atoms with Gasteiger partial charge in [-0.05, 0) is 61.4 Å². The van der Waals surface area contributed by atoms with Crippen LogP contribution < -0.4 is 5.32 Å². The van der Waals surface area contributed by atoms with E-state index in [0.29, 0.717) is 6.42 Å². The van der Waals surface area contributed by atoms with Gasteiger partial charge in [0.05, 0.1) is 0 Å². The number of hydrogen-bond acceptors (Lipinski definition) is 3. The van der Waals surface area contributed by atoms with Crippen LogP contribution in [-0.4, -0.2) is 24.7 Å². The van der Waals surface area contributed by atoms with Crippen molar-refractivity contribution in [1.82, 2.24) is 5.32 Å². The molecule has 0 saturated heterocycles. The number of terminal acetylenes is 1. The summed E-state index contributed by atoms with van der Waals surface area (Å²) in [6.07, 6.45) is 13.7. The highest BCUT2D eigenvalue weighted by Gasteiger charge is 2.24. The minimum atomic E-state index is -0.444. The molecule has 3 heteroatoms. The van der Waals surface area contributed by atoms with Crippen molar-refractivity contribution < 1.29 is 9.53 Å². The number of rotatable bonds is 6. The molecule has 0 aromatic heterocycles. The van der Waals surface area contributed by atoms with E-state index in [1.165, 1.54) is 11.1 Å². The van der Waals surface area contributed by atoms with Crippen LogP contribution in [0.5, 0.6) is 0 Å². The zero-order valence-electron chi connectivity index (χ0n) is 14.6. The third-order valence-electron chi connectivity index (χ3n) is 2.80. The largest absolute Gasteiger partial charge is 0.459 e. The first-order valence-corrected chi connectivity index (χ1v) is 7.21. The Bertz CT molecular complexity index is 380.